The molecule has 0 aliphatic rings. The molecule has 0 unspecified atom stereocenters. The molecule has 26 valence electrons. The molecule has 0 saturated carbocycles. The molecule has 0 saturated heterocycles. The smallest absolute Gasteiger partial charge is 0 e. The third-order valence-corrected chi connectivity index (χ3v) is 0. The van der Waals surface area contributed by atoms with Gasteiger partial charge in [-0.1, -0.05) is 0 Å². The van der Waals surface area contributed by atoms with E-state index < -0.39 is 21.8 Å². The molecule has 0 aliphatic heterocycles. The molecule has 0 rings (SSSR count). The Hall–Kier alpha value is 3.48. The van der Waals surface area contributed by atoms with Crippen molar-refractivity contribution < 1.29 is 21.7 Å². The predicted molar refractivity (Wildman–Crippen MR) is 26.0 cm³/mol. The van der Waals surface area contributed by atoms with Crippen molar-refractivity contribution in [1.29, 1.82) is 0 Å². The minimum atomic E-state index is -0.972. The van der Waals surface area contributed by atoms with Gasteiger partial charge in [0.2, 0.25) is 0 Å². The summed E-state index contributed by atoms with van der Waals surface area (Å²) in [6.07, 6.45) is 0. The number of rotatable bonds is 0. The van der Waals surface area contributed by atoms with Crippen LogP contribution >= 0.6 is 16.6 Å². The van der Waals surface area contributed by atoms with Crippen LogP contribution in [0.25, 0.3) is 0 Å². The maximum absolute atomic E-state index is 4.96. The zero-order valence-electron chi connectivity index (χ0n) is 1.76. The predicted octanol–water partition coefficient (Wildman–Crippen LogP) is 0.0795. The molecule has 0 N–H and O–H groups in total. The zero-order valence-corrected chi connectivity index (χ0v) is 8.72. The molecule has 0 aromatic rings. The van der Waals surface area contributed by atoms with E-state index in [1.54, 1.807) is 0 Å². The van der Waals surface area contributed by atoms with Crippen LogP contribution in [0.3, 0.4) is 0 Å². The molecule has 0 bridgehead atoms. The van der Waals surface area contributed by atoms with Crippen LogP contribution in [-0.2, 0) is 21.7 Å². The van der Waals surface area contributed by atoms with E-state index in [0.29, 0.717) is 0 Å². The summed E-state index contributed by atoms with van der Waals surface area (Å²) >= 11 is -0.972. The third-order valence-electron chi connectivity index (χ3n) is 0. The van der Waals surface area contributed by atoms with Crippen molar-refractivity contribution in [3.05, 3.63) is 0 Å². The van der Waals surface area contributed by atoms with Gasteiger partial charge >= 0.3 is 76.2 Å². The molecule has 0 nitrogen and oxygen atoms in total. The summed E-state index contributed by atoms with van der Waals surface area (Å²) < 4.78 is 0. The Kier molecular flexibility index (Phi) is 49.4. The molecule has 0 atom stereocenters. The van der Waals surface area contributed by atoms with Gasteiger partial charge in [0.05, 0.1) is 0 Å². The fraction of sp³-hybridized carbons (Fsp3) is 0. The first-order valence-electron chi connectivity index (χ1n) is 0.378. The van der Waals surface area contributed by atoms with Crippen LogP contribution in [0.15, 0.2) is 0 Å². The van der Waals surface area contributed by atoms with Crippen LogP contribution < -0.4 is 0 Å². The van der Waals surface area contributed by atoms with Crippen molar-refractivity contribution in [3.8, 4) is 0 Å². The second-order valence-electron chi connectivity index (χ2n) is 0.0714. The largest absolute Gasteiger partial charge is 0 e. The Bertz CT molecular complexity index is 9.61. The van der Waals surface area contributed by atoms with E-state index >= 15 is 0 Å². The maximum atomic E-state index is 4.96. The van der Waals surface area contributed by atoms with Crippen LogP contribution in [0.5, 0.6) is 0 Å². The van der Waals surface area contributed by atoms with Crippen LogP contribution in [0.4, 0.5) is 0 Å². The molecule has 5 heteroatoms. The summed E-state index contributed by atoms with van der Waals surface area (Å²) in [5.74, 6) is 0. The standard InChI is InChI=1S/Ca.2ClH.Pb.Ti.2H/h;2*1H;;;;/q;;;+2;;;/p-2. The monoisotopic (exact) mass is 368 g/mol. The number of halogens is 2. The summed E-state index contributed by atoms with van der Waals surface area (Å²) in [6, 6.07) is 0. The van der Waals surface area contributed by atoms with E-state index in [1.807, 2.05) is 0 Å². The average molecular weight is 368 g/mol. The minimum Gasteiger partial charge on any atom is 0 e. The number of hydrogen-bond donors (Lipinski definition) is 0. The van der Waals surface area contributed by atoms with Crippen molar-refractivity contribution in [2.75, 3.05) is 0 Å². The minimum absolute atomic E-state index is 0. The molecular formula is H2CaCl2PbTi. The van der Waals surface area contributed by atoms with Gasteiger partial charge in [-0.25, -0.2) is 0 Å². The van der Waals surface area contributed by atoms with Crippen molar-refractivity contribution >= 4 is 76.2 Å². The Morgan fingerprint density at radius 1 is 1.20 bits per heavy atom. The molecule has 5 heavy (non-hydrogen) atoms. The van der Waals surface area contributed by atoms with Gasteiger partial charge in [0.1, 0.15) is 0 Å². The molecule has 0 heterocycles. The van der Waals surface area contributed by atoms with Crippen molar-refractivity contribution in [2.45, 2.75) is 0 Å². The molecule has 0 fully saturated rings. The Labute approximate surface area is 95.4 Å². The summed E-state index contributed by atoms with van der Waals surface area (Å²) in [4.78, 5) is 0. The van der Waals surface area contributed by atoms with Gasteiger partial charge in [-0.05, 0) is 0 Å². The van der Waals surface area contributed by atoms with Gasteiger partial charge in [-0.2, -0.15) is 0 Å². The van der Waals surface area contributed by atoms with E-state index in [2.05, 4.69) is 0 Å². The molecule has 0 aliphatic carbocycles. The maximum Gasteiger partial charge on any atom is 0 e. The summed E-state index contributed by atoms with van der Waals surface area (Å²) in [5, 5.41) is 0. The van der Waals surface area contributed by atoms with E-state index in [9.17, 15) is 0 Å². The van der Waals surface area contributed by atoms with Gasteiger partial charge in [0.15, 0.2) is 0 Å². The summed E-state index contributed by atoms with van der Waals surface area (Å²) in [6.45, 7) is 0. The van der Waals surface area contributed by atoms with Gasteiger partial charge in [0, 0.05) is 21.7 Å². The van der Waals surface area contributed by atoms with Crippen molar-refractivity contribution in [3.63, 3.8) is 0 Å². The van der Waals surface area contributed by atoms with Crippen LogP contribution in [0, 0.1) is 0 Å². The first-order valence-corrected chi connectivity index (χ1v) is 9.95. The van der Waals surface area contributed by atoms with Gasteiger partial charge < -0.3 is 0 Å². The zero-order chi connectivity index (χ0) is 2.71. The van der Waals surface area contributed by atoms with E-state index in [-0.39, 0.29) is 59.5 Å². The second-order valence-corrected chi connectivity index (χ2v) is 5.64. The topological polar surface area (TPSA) is 0 Å². The molecule has 0 aromatic heterocycles. The molecule has 0 amide bonds. The van der Waals surface area contributed by atoms with E-state index in [0.717, 1.165) is 0 Å². The second kappa shape index (κ2) is 15.6. The first kappa shape index (κ1) is 15.8. The normalized spacial score (nSPS) is 3.60. The molecule has 0 spiro atoms. The van der Waals surface area contributed by atoms with Gasteiger partial charge in [-0.3, -0.25) is 0 Å². The Morgan fingerprint density at radius 3 is 1.20 bits per heavy atom. The van der Waals surface area contributed by atoms with Crippen molar-refractivity contribution in [2.24, 2.45) is 0 Å². The fourth-order valence-corrected chi connectivity index (χ4v) is 0. The first-order chi connectivity index (χ1) is 1.41. The van der Waals surface area contributed by atoms with Crippen LogP contribution in [-0.4, -0.2) is 59.5 Å². The quantitative estimate of drug-likeness (QED) is 0.532. The molecule has 2 radical (unpaired) electrons. The third kappa shape index (κ3) is 18.6. The van der Waals surface area contributed by atoms with Crippen LogP contribution in [0.1, 0.15) is 0 Å². The van der Waals surface area contributed by atoms with E-state index in [4.69, 9.17) is 16.6 Å². The van der Waals surface area contributed by atoms with Crippen LogP contribution in [0.2, 0.25) is 0 Å². The average Bonchev–Trinajstić information content (AvgIpc) is 0.918. The van der Waals surface area contributed by atoms with E-state index in [1.165, 1.54) is 0 Å². The summed E-state index contributed by atoms with van der Waals surface area (Å²) in [7, 11) is 9.92. The number of hydrogen-bond acceptors (Lipinski definition) is 0. The SMILES string of the molecule is [CaH2].[Cl][Pb][Cl].[Ti]. The van der Waals surface area contributed by atoms with Gasteiger partial charge in [0.25, 0.3) is 0 Å². The summed E-state index contributed by atoms with van der Waals surface area (Å²) in [5.41, 5.74) is 0. The molecular weight excluding hydrogens is 366 g/mol. The van der Waals surface area contributed by atoms with Crippen molar-refractivity contribution in [1.82, 2.24) is 0 Å². The Balaban J connectivity index is -0.0000000200. The van der Waals surface area contributed by atoms with Gasteiger partial charge in [-0.15, -0.1) is 0 Å². The molecule has 0 aromatic carbocycles. The Morgan fingerprint density at radius 2 is 1.20 bits per heavy atom. The fourth-order valence-electron chi connectivity index (χ4n) is 0.